The maximum absolute atomic E-state index is 15.0. The fourth-order valence-electron chi connectivity index (χ4n) is 4.05. The number of hydrogen-bond acceptors (Lipinski definition) is 4. The van der Waals surface area contributed by atoms with Crippen LogP contribution in [0.4, 0.5) is 15.8 Å². The first-order valence-electron chi connectivity index (χ1n) is 10.8. The summed E-state index contributed by atoms with van der Waals surface area (Å²) in [5, 5.41) is 13.2. The Morgan fingerprint density at radius 3 is 2.42 bits per heavy atom. The molecule has 4 rings (SSSR count). The number of carboxylic acids is 1. The molecular weight excluding hydrogens is 443 g/mol. The van der Waals surface area contributed by atoms with Crippen LogP contribution in [0.5, 0.6) is 0 Å². The standard InChI is InChI=1S/C24H25FN4O3S/c1-3-27-14-18(23(31)32)22(30)17-12-19(25)21(13-20(17)27)28-8-10-29(11-9-28)24(33)26-16-6-4-15(2)5-7-16/h4-7,12-14H,3,8-11H2,1-2H3,(H,26,33)(H,31,32). The van der Waals surface area contributed by atoms with E-state index in [4.69, 9.17) is 12.2 Å². The molecule has 7 nitrogen and oxygen atoms in total. The molecule has 0 unspecified atom stereocenters. The van der Waals surface area contributed by atoms with Crippen LogP contribution in [0.3, 0.4) is 0 Å². The summed E-state index contributed by atoms with van der Waals surface area (Å²) in [6.45, 7) is 6.68. The second-order valence-electron chi connectivity index (χ2n) is 8.05. The number of aromatic carboxylic acids is 1. The number of benzene rings is 2. The van der Waals surface area contributed by atoms with E-state index < -0.39 is 17.2 Å². The highest BCUT2D eigenvalue weighted by molar-refractivity contribution is 7.80. The number of pyridine rings is 1. The van der Waals surface area contributed by atoms with Crippen LogP contribution in [0.2, 0.25) is 0 Å². The van der Waals surface area contributed by atoms with Crippen molar-refractivity contribution in [2.24, 2.45) is 0 Å². The average Bonchev–Trinajstić information content (AvgIpc) is 2.80. The Morgan fingerprint density at radius 2 is 1.82 bits per heavy atom. The highest BCUT2D eigenvalue weighted by Gasteiger charge is 2.23. The predicted octanol–water partition coefficient (Wildman–Crippen LogP) is 3.69. The van der Waals surface area contributed by atoms with Gasteiger partial charge in [0.15, 0.2) is 5.11 Å². The minimum absolute atomic E-state index is 0.0695. The van der Waals surface area contributed by atoms with Gasteiger partial charge in [-0.05, 0) is 50.3 Å². The summed E-state index contributed by atoms with van der Waals surface area (Å²) in [5.74, 6) is -1.86. The largest absolute Gasteiger partial charge is 0.477 e. The van der Waals surface area contributed by atoms with Crippen LogP contribution in [0.15, 0.2) is 47.4 Å². The van der Waals surface area contributed by atoms with E-state index in [1.165, 1.54) is 11.8 Å². The Balaban J connectivity index is 1.54. The van der Waals surface area contributed by atoms with Gasteiger partial charge in [0.05, 0.1) is 11.2 Å². The normalized spacial score (nSPS) is 13.9. The lowest BCUT2D eigenvalue weighted by atomic mass is 10.1. The number of nitrogens with one attached hydrogen (secondary N) is 1. The Morgan fingerprint density at radius 1 is 1.15 bits per heavy atom. The van der Waals surface area contributed by atoms with Crippen LogP contribution in [0, 0.1) is 12.7 Å². The molecule has 0 aliphatic carbocycles. The highest BCUT2D eigenvalue weighted by Crippen LogP contribution is 2.26. The van der Waals surface area contributed by atoms with Gasteiger partial charge in [-0.15, -0.1) is 0 Å². The van der Waals surface area contributed by atoms with Crippen LogP contribution in [-0.2, 0) is 6.54 Å². The van der Waals surface area contributed by atoms with Crippen molar-refractivity contribution in [3.8, 4) is 0 Å². The lowest BCUT2D eigenvalue weighted by Gasteiger charge is -2.37. The maximum Gasteiger partial charge on any atom is 0.341 e. The number of aryl methyl sites for hydroxylation is 2. The molecule has 1 saturated heterocycles. The molecular formula is C24H25FN4O3S. The second kappa shape index (κ2) is 9.19. The van der Waals surface area contributed by atoms with Gasteiger partial charge < -0.3 is 24.8 Å². The predicted molar refractivity (Wildman–Crippen MR) is 132 cm³/mol. The highest BCUT2D eigenvalue weighted by atomic mass is 32.1. The van der Waals surface area contributed by atoms with Gasteiger partial charge in [-0.25, -0.2) is 9.18 Å². The van der Waals surface area contributed by atoms with Crippen LogP contribution >= 0.6 is 12.2 Å². The molecule has 172 valence electrons. The minimum Gasteiger partial charge on any atom is -0.477 e. The number of piperazine rings is 1. The number of aromatic nitrogens is 1. The molecule has 1 aliphatic heterocycles. The molecule has 3 aromatic rings. The van der Waals surface area contributed by atoms with E-state index >= 15 is 4.39 Å². The van der Waals surface area contributed by atoms with Crippen molar-refractivity contribution in [2.45, 2.75) is 20.4 Å². The molecule has 9 heteroatoms. The number of carboxylic acid groups (broad SMARTS) is 1. The van der Waals surface area contributed by atoms with E-state index in [1.807, 2.05) is 47.9 Å². The van der Waals surface area contributed by atoms with E-state index in [-0.39, 0.29) is 10.9 Å². The third-order valence-electron chi connectivity index (χ3n) is 5.93. The monoisotopic (exact) mass is 468 g/mol. The molecule has 0 amide bonds. The van der Waals surface area contributed by atoms with Gasteiger partial charge in [-0.2, -0.15) is 0 Å². The fourth-order valence-corrected chi connectivity index (χ4v) is 4.35. The molecule has 2 aromatic carbocycles. The zero-order valence-electron chi connectivity index (χ0n) is 18.5. The van der Waals surface area contributed by atoms with Gasteiger partial charge in [0, 0.05) is 50.0 Å². The molecule has 0 bridgehead atoms. The lowest BCUT2D eigenvalue weighted by Crippen LogP contribution is -2.50. The van der Waals surface area contributed by atoms with Crippen LogP contribution in [-0.4, -0.2) is 51.8 Å². The minimum atomic E-state index is -1.32. The summed E-state index contributed by atoms with van der Waals surface area (Å²) < 4.78 is 16.7. The van der Waals surface area contributed by atoms with Gasteiger partial charge in [0.1, 0.15) is 11.4 Å². The van der Waals surface area contributed by atoms with Gasteiger partial charge in [-0.1, -0.05) is 17.7 Å². The number of nitrogens with zero attached hydrogens (tertiary/aromatic N) is 3. The summed E-state index contributed by atoms with van der Waals surface area (Å²) in [7, 11) is 0. The lowest BCUT2D eigenvalue weighted by molar-refractivity contribution is 0.0695. The van der Waals surface area contributed by atoms with Crippen molar-refractivity contribution in [2.75, 3.05) is 36.4 Å². The zero-order chi connectivity index (χ0) is 23.7. The first-order chi connectivity index (χ1) is 15.8. The first-order valence-corrected chi connectivity index (χ1v) is 11.2. The maximum atomic E-state index is 15.0. The number of hydrogen-bond donors (Lipinski definition) is 2. The number of fused-ring (bicyclic) bond motifs is 1. The van der Waals surface area contributed by atoms with Crippen molar-refractivity contribution < 1.29 is 14.3 Å². The van der Waals surface area contributed by atoms with Crippen LogP contribution in [0.25, 0.3) is 10.9 Å². The molecule has 0 spiro atoms. The SMILES string of the molecule is CCn1cc(C(=O)O)c(=O)c2cc(F)c(N3CCN(C(=S)Nc4ccc(C)cc4)CC3)cc21. The van der Waals surface area contributed by atoms with Gasteiger partial charge in [0.25, 0.3) is 0 Å². The summed E-state index contributed by atoms with van der Waals surface area (Å²) in [4.78, 5) is 27.9. The van der Waals surface area contributed by atoms with E-state index in [0.29, 0.717) is 49.0 Å². The number of thiocarbonyl (C=S) groups is 1. The molecule has 0 saturated carbocycles. The fraction of sp³-hybridized carbons (Fsp3) is 0.292. The Hall–Kier alpha value is -3.46. The molecule has 2 N–H and O–H groups in total. The number of carbonyl (C=O) groups is 1. The van der Waals surface area contributed by atoms with E-state index in [9.17, 15) is 14.7 Å². The van der Waals surface area contributed by atoms with Gasteiger partial charge in [0.2, 0.25) is 5.43 Å². The number of halogens is 1. The van der Waals surface area contributed by atoms with Crippen molar-refractivity contribution in [1.29, 1.82) is 0 Å². The van der Waals surface area contributed by atoms with Gasteiger partial charge in [-0.3, -0.25) is 4.79 Å². The number of rotatable bonds is 4. The topological polar surface area (TPSA) is 77.8 Å². The molecule has 33 heavy (non-hydrogen) atoms. The Labute approximate surface area is 196 Å². The third-order valence-corrected chi connectivity index (χ3v) is 6.29. The average molecular weight is 469 g/mol. The van der Waals surface area contributed by atoms with Crippen LogP contribution < -0.4 is 15.6 Å². The van der Waals surface area contributed by atoms with Gasteiger partial charge >= 0.3 is 5.97 Å². The molecule has 0 atom stereocenters. The summed E-state index contributed by atoms with van der Waals surface area (Å²) in [6.07, 6.45) is 1.32. The molecule has 1 aromatic heterocycles. The second-order valence-corrected chi connectivity index (χ2v) is 8.44. The molecule has 0 radical (unpaired) electrons. The van der Waals surface area contributed by atoms with E-state index in [2.05, 4.69) is 5.32 Å². The van der Waals surface area contributed by atoms with Crippen molar-refractivity contribution in [1.82, 2.24) is 9.47 Å². The molecule has 2 heterocycles. The summed E-state index contributed by atoms with van der Waals surface area (Å²) in [5.41, 5.74) is 1.97. The Bertz CT molecular complexity index is 1280. The van der Waals surface area contributed by atoms with Crippen LogP contribution in [0.1, 0.15) is 22.8 Å². The van der Waals surface area contributed by atoms with E-state index in [1.54, 1.807) is 10.6 Å². The van der Waals surface area contributed by atoms with E-state index in [0.717, 1.165) is 11.8 Å². The summed E-state index contributed by atoms with van der Waals surface area (Å²) >= 11 is 5.55. The Kier molecular flexibility index (Phi) is 6.33. The molecule has 1 fully saturated rings. The van der Waals surface area contributed by atoms with Crippen molar-refractivity contribution >= 4 is 45.6 Å². The number of anilines is 2. The first kappa shape index (κ1) is 22.7. The smallest absolute Gasteiger partial charge is 0.341 e. The summed E-state index contributed by atoms with van der Waals surface area (Å²) in [6, 6.07) is 10.8. The zero-order valence-corrected chi connectivity index (χ0v) is 19.3. The third kappa shape index (κ3) is 4.54. The van der Waals surface area contributed by atoms with Crippen molar-refractivity contribution in [3.05, 3.63) is 69.8 Å². The quantitative estimate of drug-likeness (QED) is 0.566. The van der Waals surface area contributed by atoms with Crippen molar-refractivity contribution in [3.63, 3.8) is 0 Å². The molecule has 1 aliphatic rings.